The van der Waals surface area contributed by atoms with E-state index in [0.717, 1.165) is 18.4 Å². The van der Waals surface area contributed by atoms with Crippen molar-refractivity contribution in [1.29, 1.82) is 0 Å². The van der Waals surface area contributed by atoms with Crippen LogP contribution >= 0.6 is 0 Å². The zero-order valence-corrected chi connectivity index (χ0v) is 11.5. The number of nitrogens with one attached hydrogen (secondary N) is 2. The molecule has 108 valence electrons. The molecule has 1 aromatic rings. The third-order valence-corrected chi connectivity index (χ3v) is 3.50. The van der Waals surface area contributed by atoms with Crippen molar-refractivity contribution in [1.82, 2.24) is 10.6 Å². The second kappa shape index (κ2) is 7.05. The Hall–Kier alpha value is -1.88. The number of unbranched alkanes of at least 4 members (excludes halogenated alkanes) is 1. The van der Waals surface area contributed by atoms with Crippen molar-refractivity contribution >= 4 is 11.8 Å². The van der Waals surface area contributed by atoms with Gasteiger partial charge < -0.3 is 16.4 Å². The average Bonchev–Trinajstić information content (AvgIpc) is 2.45. The van der Waals surface area contributed by atoms with Gasteiger partial charge in [0, 0.05) is 6.42 Å². The highest BCUT2D eigenvalue weighted by Gasteiger charge is 2.32. The van der Waals surface area contributed by atoms with E-state index in [1.807, 2.05) is 30.3 Å². The number of nitrogens with two attached hydrogens (primary N) is 1. The van der Waals surface area contributed by atoms with E-state index in [4.69, 9.17) is 5.73 Å². The van der Waals surface area contributed by atoms with Gasteiger partial charge >= 0.3 is 0 Å². The molecule has 0 saturated carbocycles. The Bertz CT molecular complexity index is 461. The summed E-state index contributed by atoms with van der Waals surface area (Å²) in [5.74, 6) is -0.200. The Kier molecular flexibility index (Phi) is 5.12. The molecular formula is C15H21N3O2. The number of amides is 2. The standard InChI is InChI=1S/C15H21N3O2/c16-9-5-4-8-12-14(19)18-13(15(20)17-12)10-11-6-2-1-3-7-11/h1-3,6-7,12-13H,4-5,8-10,16H2,(H,17,20)(H,18,19)/t12-,13-/m1/s1. The van der Waals surface area contributed by atoms with E-state index in [-0.39, 0.29) is 11.8 Å². The predicted octanol–water partition coefficient (Wildman–Crippen LogP) is 0.341. The fraction of sp³-hybridized carbons (Fsp3) is 0.467. The van der Waals surface area contributed by atoms with Crippen molar-refractivity contribution < 1.29 is 9.59 Å². The van der Waals surface area contributed by atoms with Crippen LogP contribution in [0, 0.1) is 0 Å². The van der Waals surface area contributed by atoms with E-state index in [9.17, 15) is 9.59 Å². The Balaban J connectivity index is 1.89. The third kappa shape index (κ3) is 3.81. The maximum atomic E-state index is 12.0. The van der Waals surface area contributed by atoms with Crippen molar-refractivity contribution in [2.24, 2.45) is 5.73 Å². The molecule has 0 spiro atoms. The van der Waals surface area contributed by atoms with Crippen molar-refractivity contribution in [3.05, 3.63) is 35.9 Å². The molecule has 20 heavy (non-hydrogen) atoms. The smallest absolute Gasteiger partial charge is 0.243 e. The molecule has 1 fully saturated rings. The van der Waals surface area contributed by atoms with Crippen molar-refractivity contribution in [3.8, 4) is 0 Å². The first-order valence-electron chi connectivity index (χ1n) is 7.05. The molecule has 0 unspecified atom stereocenters. The molecule has 5 heteroatoms. The maximum Gasteiger partial charge on any atom is 0.243 e. The molecule has 4 N–H and O–H groups in total. The number of hydrogen-bond acceptors (Lipinski definition) is 3. The van der Waals surface area contributed by atoms with E-state index in [1.165, 1.54) is 0 Å². The largest absolute Gasteiger partial charge is 0.343 e. The normalized spacial score (nSPS) is 22.2. The molecule has 1 saturated heterocycles. The Morgan fingerprint density at radius 3 is 2.30 bits per heavy atom. The highest BCUT2D eigenvalue weighted by molar-refractivity contribution is 5.97. The minimum Gasteiger partial charge on any atom is -0.343 e. The lowest BCUT2D eigenvalue weighted by Gasteiger charge is -2.29. The summed E-state index contributed by atoms with van der Waals surface area (Å²) in [5, 5.41) is 5.61. The van der Waals surface area contributed by atoms with E-state index in [2.05, 4.69) is 10.6 Å². The lowest BCUT2D eigenvalue weighted by atomic mass is 10.00. The SMILES string of the molecule is NCCCC[C@H]1NC(=O)[C@@H](Cc2ccccc2)NC1=O. The summed E-state index contributed by atoms with van der Waals surface area (Å²) in [6, 6.07) is 8.79. The molecule has 0 bridgehead atoms. The first-order valence-corrected chi connectivity index (χ1v) is 7.05. The molecule has 5 nitrogen and oxygen atoms in total. The van der Waals surface area contributed by atoms with Crippen LogP contribution in [0.2, 0.25) is 0 Å². The van der Waals surface area contributed by atoms with Crippen molar-refractivity contribution in [2.75, 3.05) is 6.54 Å². The summed E-state index contributed by atoms with van der Waals surface area (Å²) in [6.45, 7) is 0.610. The van der Waals surface area contributed by atoms with Crippen LogP contribution in [-0.2, 0) is 16.0 Å². The molecule has 1 aliphatic rings. The molecule has 1 aromatic carbocycles. The monoisotopic (exact) mass is 275 g/mol. The fourth-order valence-corrected chi connectivity index (χ4v) is 2.37. The van der Waals surface area contributed by atoms with Gasteiger partial charge in [-0.25, -0.2) is 0 Å². The molecule has 1 heterocycles. The van der Waals surface area contributed by atoms with Gasteiger partial charge in [0.05, 0.1) is 0 Å². The Morgan fingerprint density at radius 1 is 0.950 bits per heavy atom. The molecule has 2 rings (SSSR count). The van der Waals surface area contributed by atoms with Crippen LogP contribution in [0.3, 0.4) is 0 Å². The zero-order valence-electron chi connectivity index (χ0n) is 11.5. The fourth-order valence-electron chi connectivity index (χ4n) is 2.37. The van der Waals surface area contributed by atoms with Gasteiger partial charge in [-0.05, 0) is 31.4 Å². The summed E-state index contributed by atoms with van der Waals surface area (Å²) in [7, 11) is 0. The summed E-state index contributed by atoms with van der Waals surface area (Å²) >= 11 is 0. The molecule has 2 amide bonds. The van der Waals surface area contributed by atoms with Gasteiger partial charge in [-0.1, -0.05) is 30.3 Å². The van der Waals surface area contributed by atoms with Gasteiger partial charge in [-0.15, -0.1) is 0 Å². The second-order valence-corrected chi connectivity index (χ2v) is 5.10. The quantitative estimate of drug-likeness (QED) is 0.655. The summed E-state index contributed by atoms with van der Waals surface area (Å²) in [6.07, 6.45) is 2.88. The molecule has 0 radical (unpaired) electrons. The Labute approximate surface area is 118 Å². The average molecular weight is 275 g/mol. The summed E-state index contributed by atoms with van der Waals surface area (Å²) in [5.41, 5.74) is 6.46. The number of carbonyl (C=O) groups excluding carboxylic acids is 2. The molecule has 0 aromatic heterocycles. The highest BCUT2D eigenvalue weighted by atomic mass is 16.2. The Morgan fingerprint density at radius 2 is 1.60 bits per heavy atom. The van der Waals surface area contributed by atoms with E-state index >= 15 is 0 Å². The van der Waals surface area contributed by atoms with Gasteiger partial charge in [0.1, 0.15) is 12.1 Å². The second-order valence-electron chi connectivity index (χ2n) is 5.10. The summed E-state index contributed by atoms with van der Waals surface area (Å²) < 4.78 is 0. The van der Waals surface area contributed by atoms with Crippen molar-refractivity contribution in [3.63, 3.8) is 0 Å². The van der Waals surface area contributed by atoms with Gasteiger partial charge in [0.15, 0.2) is 0 Å². The van der Waals surface area contributed by atoms with Crippen LogP contribution in [-0.4, -0.2) is 30.4 Å². The number of carbonyl (C=O) groups is 2. The van der Waals surface area contributed by atoms with Crippen LogP contribution in [0.15, 0.2) is 30.3 Å². The number of piperazine rings is 1. The van der Waals surface area contributed by atoms with E-state index < -0.39 is 12.1 Å². The van der Waals surface area contributed by atoms with Gasteiger partial charge in [0.25, 0.3) is 0 Å². The lowest BCUT2D eigenvalue weighted by Crippen LogP contribution is -2.62. The zero-order chi connectivity index (χ0) is 14.4. The third-order valence-electron chi connectivity index (χ3n) is 3.50. The number of hydrogen-bond donors (Lipinski definition) is 3. The minimum atomic E-state index is -0.476. The lowest BCUT2D eigenvalue weighted by molar-refractivity contribution is -0.136. The van der Waals surface area contributed by atoms with E-state index in [1.54, 1.807) is 0 Å². The highest BCUT2D eigenvalue weighted by Crippen LogP contribution is 2.10. The maximum absolute atomic E-state index is 12.0. The number of rotatable bonds is 6. The topological polar surface area (TPSA) is 84.2 Å². The van der Waals surface area contributed by atoms with Crippen molar-refractivity contribution in [2.45, 2.75) is 37.8 Å². The van der Waals surface area contributed by atoms with Crippen LogP contribution < -0.4 is 16.4 Å². The summed E-state index contributed by atoms with van der Waals surface area (Å²) in [4.78, 5) is 24.0. The molecule has 2 atom stereocenters. The first-order chi connectivity index (χ1) is 9.70. The van der Waals surface area contributed by atoms with Gasteiger partial charge in [-0.3, -0.25) is 9.59 Å². The predicted molar refractivity (Wildman–Crippen MR) is 76.9 cm³/mol. The van der Waals surface area contributed by atoms with Crippen LogP contribution in [0.5, 0.6) is 0 Å². The van der Waals surface area contributed by atoms with Gasteiger partial charge in [0.2, 0.25) is 11.8 Å². The first kappa shape index (κ1) is 14.5. The molecule has 0 aliphatic carbocycles. The minimum absolute atomic E-state index is 0.0949. The van der Waals surface area contributed by atoms with Crippen LogP contribution in [0.25, 0.3) is 0 Å². The number of benzene rings is 1. The van der Waals surface area contributed by atoms with Gasteiger partial charge in [-0.2, -0.15) is 0 Å². The van der Waals surface area contributed by atoms with Crippen LogP contribution in [0.1, 0.15) is 24.8 Å². The van der Waals surface area contributed by atoms with Crippen LogP contribution in [0.4, 0.5) is 0 Å². The molecular weight excluding hydrogens is 254 g/mol. The van der Waals surface area contributed by atoms with E-state index in [0.29, 0.717) is 19.4 Å². The molecule has 1 aliphatic heterocycles.